The first-order chi connectivity index (χ1) is 12.4. The largest absolute Gasteiger partial charge is 0.411 e. The lowest BCUT2D eigenvalue weighted by Crippen LogP contribution is -2.05. The predicted molar refractivity (Wildman–Crippen MR) is 104 cm³/mol. The quantitative estimate of drug-likeness (QED) is 0.373. The molecule has 0 fully saturated rings. The highest BCUT2D eigenvalue weighted by Crippen LogP contribution is 2.36. The lowest BCUT2D eigenvalue weighted by Gasteiger charge is -2.11. The topological polar surface area (TPSA) is 32.6 Å². The summed E-state index contributed by atoms with van der Waals surface area (Å²) in [5.41, 5.74) is 6.32. The molecule has 3 aromatic carbocycles. The summed E-state index contributed by atoms with van der Waals surface area (Å²) in [4.78, 5) is 1.20. The molecule has 0 radical (unpaired) electrons. The smallest absolute Gasteiger partial charge is 0.0917 e. The molecule has 3 aromatic rings. The molecule has 25 heavy (non-hydrogen) atoms. The standard InChI is InChI=1S/C22H17NOS/c24-23-22-14-16-8-4-5-11-18(16)21(19-12-6-7-13-20(19)22)15-25-17-9-2-1-3-10-17/h1-13,15,24H,14H2/b21-15+,23-22-. The second-order valence-corrected chi connectivity index (χ2v) is 6.83. The van der Waals surface area contributed by atoms with Crippen molar-refractivity contribution in [2.24, 2.45) is 5.16 Å². The third-order valence-corrected chi connectivity index (χ3v) is 5.27. The average Bonchev–Trinajstić information content (AvgIpc) is 2.81. The maximum atomic E-state index is 9.55. The minimum Gasteiger partial charge on any atom is -0.411 e. The maximum Gasteiger partial charge on any atom is 0.0917 e. The zero-order valence-corrected chi connectivity index (χ0v) is 14.4. The molecule has 0 amide bonds. The van der Waals surface area contributed by atoms with Gasteiger partial charge in [-0.25, -0.2) is 0 Å². The highest BCUT2D eigenvalue weighted by molar-refractivity contribution is 8.02. The van der Waals surface area contributed by atoms with E-state index < -0.39 is 0 Å². The van der Waals surface area contributed by atoms with Gasteiger partial charge in [-0.15, -0.1) is 0 Å². The van der Waals surface area contributed by atoms with Crippen LogP contribution in [0.15, 0.2) is 94.3 Å². The molecule has 2 nitrogen and oxygen atoms in total. The molecular formula is C22H17NOS. The number of rotatable bonds is 2. The minimum atomic E-state index is 0.622. The molecule has 0 saturated carbocycles. The zero-order chi connectivity index (χ0) is 17.1. The van der Waals surface area contributed by atoms with Crippen molar-refractivity contribution < 1.29 is 5.21 Å². The average molecular weight is 343 g/mol. The molecule has 3 heteroatoms. The molecule has 0 spiro atoms. The summed E-state index contributed by atoms with van der Waals surface area (Å²) in [5.74, 6) is 0. The SMILES string of the molecule is O/N=C1/Cc2ccccc2/C(=C\Sc2ccccc2)c2ccccc21. The number of benzene rings is 3. The molecule has 1 aliphatic rings. The van der Waals surface area contributed by atoms with Crippen LogP contribution in [-0.2, 0) is 6.42 Å². The van der Waals surface area contributed by atoms with Crippen molar-refractivity contribution >= 4 is 23.0 Å². The van der Waals surface area contributed by atoms with Crippen LogP contribution in [0.5, 0.6) is 0 Å². The van der Waals surface area contributed by atoms with E-state index in [1.54, 1.807) is 11.8 Å². The fraction of sp³-hybridized carbons (Fsp3) is 0.0455. The van der Waals surface area contributed by atoms with Crippen LogP contribution < -0.4 is 0 Å². The van der Waals surface area contributed by atoms with Crippen LogP contribution in [-0.4, -0.2) is 10.9 Å². The monoisotopic (exact) mass is 343 g/mol. The van der Waals surface area contributed by atoms with E-state index in [9.17, 15) is 5.21 Å². The zero-order valence-electron chi connectivity index (χ0n) is 13.6. The van der Waals surface area contributed by atoms with Crippen molar-refractivity contribution in [1.82, 2.24) is 0 Å². The van der Waals surface area contributed by atoms with E-state index in [2.05, 4.69) is 47.0 Å². The van der Waals surface area contributed by atoms with Crippen LogP contribution in [0, 0.1) is 0 Å². The lowest BCUT2D eigenvalue weighted by atomic mass is 9.95. The molecule has 0 unspecified atom stereocenters. The third-order valence-electron chi connectivity index (χ3n) is 4.37. The van der Waals surface area contributed by atoms with Gasteiger partial charge in [-0.05, 0) is 39.8 Å². The Labute approximate surface area is 151 Å². The van der Waals surface area contributed by atoms with Gasteiger partial charge in [0.25, 0.3) is 0 Å². The number of hydrogen-bond acceptors (Lipinski definition) is 3. The van der Waals surface area contributed by atoms with Gasteiger partial charge in [0.2, 0.25) is 0 Å². The van der Waals surface area contributed by atoms with E-state index in [0.717, 1.165) is 11.1 Å². The number of fused-ring (bicyclic) bond motifs is 2. The minimum absolute atomic E-state index is 0.622. The van der Waals surface area contributed by atoms with Gasteiger partial charge in [-0.3, -0.25) is 0 Å². The lowest BCUT2D eigenvalue weighted by molar-refractivity contribution is 0.318. The van der Waals surface area contributed by atoms with Crippen LogP contribution in [0.25, 0.3) is 5.57 Å². The van der Waals surface area contributed by atoms with Gasteiger partial charge in [0.05, 0.1) is 5.71 Å². The highest BCUT2D eigenvalue weighted by Gasteiger charge is 2.22. The van der Waals surface area contributed by atoms with Gasteiger partial charge < -0.3 is 5.21 Å². The summed E-state index contributed by atoms with van der Waals surface area (Å²) in [7, 11) is 0. The predicted octanol–water partition coefficient (Wildman–Crippen LogP) is 5.60. The number of thioether (sulfide) groups is 1. The van der Waals surface area contributed by atoms with Gasteiger partial charge >= 0.3 is 0 Å². The first-order valence-corrected chi connectivity index (χ1v) is 9.05. The van der Waals surface area contributed by atoms with E-state index in [0.29, 0.717) is 12.1 Å². The second-order valence-electron chi connectivity index (χ2n) is 5.89. The van der Waals surface area contributed by atoms with Crippen molar-refractivity contribution in [1.29, 1.82) is 0 Å². The molecule has 122 valence electrons. The molecule has 4 rings (SSSR count). The molecule has 0 aromatic heterocycles. The Morgan fingerprint density at radius 2 is 1.40 bits per heavy atom. The fourth-order valence-corrected chi connectivity index (χ4v) is 3.99. The van der Waals surface area contributed by atoms with Gasteiger partial charge in [0, 0.05) is 16.9 Å². The molecule has 0 bridgehead atoms. The molecule has 1 aliphatic carbocycles. The highest BCUT2D eigenvalue weighted by atomic mass is 32.2. The van der Waals surface area contributed by atoms with Crippen molar-refractivity contribution in [2.45, 2.75) is 11.3 Å². The van der Waals surface area contributed by atoms with Crippen molar-refractivity contribution in [3.8, 4) is 0 Å². The van der Waals surface area contributed by atoms with E-state index in [1.807, 2.05) is 42.5 Å². The Hall–Kier alpha value is -2.78. The fourth-order valence-electron chi connectivity index (χ4n) is 3.17. The van der Waals surface area contributed by atoms with E-state index in [4.69, 9.17) is 0 Å². The Morgan fingerprint density at radius 1 is 0.760 bits per heavy atom. The second kappa shape index (κ2) is 6.99. The first kappa shape index (κ1) is 15.7. The Balaban J connectivity index is 1.90. The normalized spacial score (nSPS) is 16.3. The number of hydrogen-bond donors (Lipinski definition) is 1. The summed E-state index contributed by atoms with van der Waals surface area (Å²) in [6.07, 6.45) is 0.622. The van der Waals surface area contributed by atoms with E-state index in [1.165, 1.54) is 21.6 Å². The van der Waals surface area contributed by atoms with Crippen molar-refractivity contribution in [2.75, 3.05) is 0 Å². The summed E-state index contributed by atoms with van der Waals surface area (Å²) < 4.78 is 0. The first-order valence-electron chi connectivity index (χ1n) is 8.17. The van der Waals surface area contributed by atoms with E-state index >= 15 is 0 Å². The maximum absolute atomic E-state index is 9.55. The Kier molecular flexibility index (Phi) is 4.40. The molecule has 0 atom stereocenters. The van der Waals surface area contributed by atoms with Gasteiger partial charge in [-0.2, -0.15) is 0 Å². The van der Waals surface area contributed by atoms with Crippen LogP contribution in [0.2, 0.25) is 0 Å². The molecule has 0 saturated heterocycles. The molecule has 1 N–H and O–H groups in total. The third kappa shape index (κ3) is 3.11. The Morgan fingerprint density at radius 3 is 2.16 bits per heavy atom. The number of oxime groups is 1. The van der Waals surface area contributed by atoms with Crippen LogP contribution in [0.3, 0.4) is 0 Å². The summed E-state index contributed by atoms with van der Waals surface area (Å²) in [6.45, 7) is 0. The summed E-state index contributed by atoms with van der Waals surface area (Å²) in [5, 5.41) is 15.3. The van der Waals surface area contributed by atoms with Gasteiger partial charge in [-0.1, -0.05) is 83.6 Å². The van der Waals surface area contributed by atoms with Crippen molar-refractivity contribution in [3.05, 3.63) is 107 Å². The molecule has 0 heterocycles. The summed E-state index contributed by atoms with van der Waals surface area (Å²) >= 11 is 1.71. The van der Waals surface area contributed by atoms with E-state index in [-0.39, 0.29) is 0 Å². The molecular weight excluding hydrogens is 326 g/mol. The Bertz CT molecular complexity index is 961. The van der Waals surface area contributed by atoms with Gasteiger partial charge in [0.15, 0.2) is 0 Å². The van der Waals surface area contributed by atoms with Crippen LogP contribution >= 0.6 is 11.8 Å². The van der Waals surface area contributed by atoms with Gasteiger partial charge in [0.1, 0.15) is 0 Å². The summed E-state index contributed by atoms with van der Waals surface area (Å²) in [6, 6.07) is 26.8. The van der Waals surface area contributed by atoms with Crippen LogP contribution in [0.4, 0.5) is 0 Å². The number of nitrogens with zero attached hydrogens (tertiary/aromatic N) is 1. The van der Waals surface area contributed by atoms with Crippen LogP contribution in [0.1, 0.15) is 22.3 Å². The van der Waals surface area contributed by atoms with Crippen molar-refractivity contribution in [3.63, 3.8) is 0 Å². The molecule has 0 aliphatic heterocycles.